The Morgan fingerprint density at radius 1 is 1.26 bits per heavy atom. The van der Waals surface area contributed by atoms with E-state index in [0.29, 0.717) is 47.3 Å². The Morgan fingerprint density at radius 3 is 2.71 bits per heavy atom. The van der Waals surface area contributed by atoms with Crippen LogP contribution in [-0.4, -0.2) is 41.0 Å². The van der Waals surface area contributed by atoms with Gasteiger partial charge in [-0.05, 0) is 50.6 Å². The molecule has 8 heteroatoms. The molecule has 0 aliphatic carbocycles. The van der Waals surface area contributed by atoms with Gasteiger partial charge in [0.1, 0.15) is 0 Å². The van der Waals surface area contributed by atoms with Crippen LogP contribution in [-0.2, 0) is 16.1 Å². The molecule has 1 heterocycles. The monoisotopic (exact) mass is 459 g/mol. The molecule has 3 aromatic rings. The van der Waals surface area contributed by atoms with Crippen LogP contribution in [0.2, 0.25) is 5.02 Å². The number of amides is 1. The maximum atomic E-state index is 13.2. The van der Waals surface area contributed by atoms with Gasteiger partial charge in [0, 0.05) is 37.5 Å². The fraction of sp³-hybridized carbons (Fsp3) is 0.348. The molecule has 0 saturated heterocycles. The van der Waals surface area contributed by atoms with Crippen LogP contribution in [0.15, 0.2) is 58.5 Å². The SMILES string of the molecule is CCOCCCn1c(SC(C)C(=O)N(C)c2ccccc2)nc2cc(Cl)ccc2c1=O. The highest BCUT2D eigenvalue weighted by molar-refractivity contribution is 8.00. The number of hydrogen-bond donors (Lipinski definition) is 0. The predicted octanol–water partition coefficient (Wildman–Crippen LogP) is 4.62. The van der Waals surface area contributed by atoms with E-state index in [9.17, 15) is 9.59 Å². The number of ether oxygens (including phenoxy) is 1. The molecule has 164 valence electrons. The van der Waals surface area contributed by atoms with Gasteiger partial charge >= 0.3 is 0 Å². The molecule has 0 N–H and O–H groups in total. The number of para-hydroxylation sites is 1. The first-order valence-corrected chi connectivity index (χ1v) is 11.4. The van der Waals surface area contributed by atoms with Crippen LogP contribution in [0, 0.1) is 0 Å². The van der Waals surface area contributed by atoms with Crippen molar-refractivity contribution in [1.82, 2.24) is 9.55 Å². The Kier molecular flexibility index (Phi) is 8.12. The summed E-state index contributed by atoms with van der Waals surface area (Å²) in [5.41, 5.74) is 1.20. The first-order chi connectivity index (χ1) is 14.9. The number of fused-ring (bicyclic) bond motifs is 1. The van der Waals surface area contributed by atoms with E-state index < -0.39 is 5.25 Å². The average Bonchev–Trinajstić information content (AvgIpc) is 2.77. The molecule has 1 amide bonds. The van der Waals surface area contributed by atoms with Gasteiger partial charge in [-0.25, -0.2) is 4.98 Å². The summed E-state index contributed by atoms with van der Waals surface area (Å²) in [5.74, 6) is -0.0718. The lowest BCUT2D eigenvalue weighted by atomic mass is 10.2. The highest BCUT2D eigenvalue weighted by Crippen LogP contribution is 2.26. The van der Waals surface area contributed by atoms with E-state index in [1.807, 2.05) is 44.2 Å². The second-order valence-electron chi connectivity index (χ2n) is 7.06. The van der Waals surface area contributed by atoms with Crippen LogP contribution in [0.3, 0.4) is 0 Å². The Balaban J connectivity index is 1.91. The van der Waals surface area contributed by atoms with Gasteiger partial charge in [-0.2, -0.15) is 0 Å². The van der Waals surface area contributed by atoms with Crippen molar-refractivity contribution in [1.29, 1.82) is 0 Å². The van der Waals surface area contributed by atoms with Gasteiger partial charge in [-0.1, -0.05) is 41.6 Å². The third-order valence-electron chi connectivity index (χ3n) is 4.86. The second-order valence-corrected chi connectivity index (χ2v) is 8.80. The Hall–Kier alpha value is -2.35. The first-order valence-electron chi connectivity index (χ1n) is 10.2. The lowest BCUT2D eigenvalue weighted by Gasteiger charge is -2.22. The number of anilines is 1. The van der Waals surface area contributed by atoms with Crippen molar-refractivity contribution < 1.29 is 9.53 Å². The molecule has 0 fully saturated rings. The molecule has 0 aliphatic heterocycles. The topological polar surface area (TPSA) is 64.4 Å². The third-order valence-corrected chi connectivity index (χ3v) is 6.17. The summed E-state index contributed by atoms with van der Waals surface area (Å²) in [6, 6.07) is 14.5. The third kappa shape index (κ3) is 5.67. The van der Waals surface area contributed by atoms with Crippen molar-refractivity contribution in [3.05, 3.63) is 63.9 Å². The van der Waals surface area contributed by atoms with Crippen molar-refractivity contribution in [2.75, 3.05) is 25.2 Å². The zero-order valence-corrected chi connectivity index (χ0v) is 19.4. The van der Waals surface area contributed by atoms with Gasteiger partial charge in [0.2, 0.25) is 5.91 Å². The second kappa shape index (κ2) is 10.8. The first kappa shape index (κ1) is 23.3. The Bertz CT molecular complexity index is 1100. The minimum absolute atomic E-state index is 0.0718. The molecular formula is C23H26ClN3O3S. The molecule has 31 heavy (non-hydrogen) atoms. The zero-order valence-electron chi connectivity index (χ0n) is 17.9. The number of benzene rings is 2. The molecule has 1 atom stereocenters. The van der Waals surface area contributed by atoms with Gasteiger partial charge in [0.15, 0.2) is 5.16 Å². The van der Waals surface area contributed by atoms with Crippen LogP contribution in [0.1, 0.15) is 20.3 Å². The Morgan fingerprint density at radius 2 is 2.00 bits per heavy atom. The van der Waals surface area contributed by atoms with Gasteiger partial charge < -0.3 is 9.64 Å². The van der Waals surface area contributed by atoms with Crippen LogP contribution < -0.4 is 10.5 Å². The molecule has 1 aromatic heterocycles. The lowest BCUT2D eigenvalue weighted by molar-refractivity contribution is -0.117. The normalized spacial score (nSPS) is 12.1. The van der Waals surface area contributed by atoms with E-state index >= 15 is 0 Å². The summed E-state index contributed by atoms with van der Waals surface area (Å²) in [5, 5.41) is 1.08. The number of nitrogens with zero attached hydrogens (tertiary/aromatic N) is 3. The summed E-state index contributed by atoms with van der Waals surface area (Å²) in [7, 11) is 1.75. The van der Waals surface area contributed by atoms with Crippen LogP contribution in [0.25, 0.3) is 10.9 Å². The molecule has 0 spiro atoms. The number of carbonyl (C=O) groups excluding carboxylic acids is 1. The smallest absolute Gasteiger partial charge is 0.262 e. The van der Waals surface area contributed by atoms with Crippen molar-refractivity contribution >= 4 is 45.9 Å². The quantitative estimate of drug-likeness (QED) is 0.265. The minimum Gasteiger partial charge on any atom is -0.382 e. The standard InChI is InChI=1S/C23H26ClN3O3S/c1-4-30-14-8-13-27-22(29)19-12-11-17(24)15-20(19)25-23(27)31-16(2)21(28)26(3)18-9-6-5-7-10-18/h5-7,9-12,15-16H,4,8,13-14H2,1-3H3. The van der Waals surface area contributed by atoms with E-state index in [0.717, 1.165) is 5.69 Å². The molecule has 0 saturated carbocycles. The maximum Gasteiger partial charge on any atom is 0.262 e. The molecule has 3 rings (SSSR count). The molecule has 6 nitrogen and oxygen atoms in total. The van der Waals surface area contributed by atoms with Gasteiger partial charge in [0.25, 0.3) is 5.56 Å². The summed E-state index contributed by atoms with van der Waals surface area (Å²) >= 11 is 7.39. The summed E-state index contributed by atoms with van der Waals surface area (Å²) in [4.78, 5) is 32.5. The van der Waals surface area contributed by atoms with E-state index in [-0.39, 0.29) is 11.5 Å². The van der Waals surface area contributed by atoms with E-state index in [1.54, 1.807) is 34.7 Å². The molecule has 0 aliphatic rings. The lowest BCUT2D eigenvalue weighted by Crippen LogP contribution is -2.34. The summed E-state index contributed by atoms with van der Waals surface area (Å²) < 4.78 is 7.05. The average molecular weight is 460 g/mol. The number of carbonyl (C=O) groups is 1. The number of rotatable bonds is 9. The largest absolute Gasteiger partial charge is 0.382 e. The Labute approximate surface area is 191 Å². The van der Waals surface area contributed by atoms with Gasteiger partial charge in [-0.15, -0.1) is 0 Å². The number of halogens is 1. The molecule has 0 radical (unpaired) electrons. The zero-order chi connectivity index (χ0) is 22.4. The highest BCUT2D eigenvalue weighted by Gasteiger charge is 2.23. The number of aromatic nitrogens is 2. The number of thioether (sulfide) groups is 1. The number of hydrogen-bond acceptors (Lipinski definition) is 5. The van der Waals surface area contributed by atoms with Crippen molar-refractivity contribution in [2.24, 2.45) is 0 Å². The van der Waals surface area contributed by atoms with Crippen molar-refractivity contribution in [3.8, 4) is 0 Å². The van der Waals surface area contributed by atoms with Crippen molar-refractivity contribution in [3.63, 3.8) is 0 Å². The van der Waals surface area contributed by atoms with E-state index in [1.165, 1.54) is 11.8 Å². The van der Waals surface area contributed by atoms with Crippen LogP contribution in [0.5, 0.6) is 0 Å². The van der Waals surface area contributed by atoms with Crippen molar-refractivity contribution in [2.45, 2.75) is 37.2 Å². The van der Waals surface area contributed by atoms with Gasteiger partial charge in [0.05, 0.1) is 16.2 Å². The van der Waals surface area contributed by atoms with Crippen LogP contribution in [0.4, 0.5) is 5.69 Å². The molecule has 1 unspecified atom stereocenters. The van der Waals surface area contributed by atoms with E-state index in [4.69, 9.17) is 16.3 Å². The minimum atomic E-state index is -0.438. The van der Waals surface area contributed by atoms with Gasteiger partial charge in [-0.3, -0.25) is 14.2 Å². The van der Waals surface area contributed by atoms with E-state index in [2.05, 4.69) is 4.98 Å². The molecule has 0 bridgehead atoms. The molecule has 2 aromatic carbocycles. The molecular weight excluding hydrogens is 434 g/mol. The fourth-order valence-electron chi connectivity index (χ4n) is 3.19. The van der Waals surface area contributed by atoms with Crippen LogP contribution >= 0.6 is 23.4 Å². The maximum absolute atomic E-state index is 13.2. The predicted molar refractivity (Wildman–Crippen MR) is 127 cm³/mol. The summed E-state index contributed by atoms with van der Waals surface area (Å²) in [6.45, 7) is 5.40. The fourth-order valence-corrected chi connectivity index (χ4v) is 4.38. The summed E-state index contributed by atoms with van der Waals surface area (Å²) in [6.07, 6.45) is 0.675. The highest BCUT2D eigenvalue weighted by atomic mass is 35.5.